The lowest BCUT2D eigenvalue weighted by Gasteiger charge is -2.51. The van der Waals surface area contributed by atoms with Gasteiger partial charge in [-0.2, -0.15) is 0 Å². The predicted octanol–water partition coefficient (Wildman–Crippen LogP) is 2.08. The molecule has 1 aromatic rings. The Morgan fingerprint density at radius 3 is 2.59 bits per heavy atom. The van der Waals surface area contributed by atoms with Crippen LogP contribution in [0.3, 0.4) is 0 Å². The molecule has 0 aliphatic carbocycles. The molecule has 2 N–H and O–H groups in total. The Balaban J connectivity index is 1.22. The quantitative estimate of drug-likeness (QED) is 0.687. The lowest BCUT2D eigenvalue weighted by Crippen LogP contribution is -2.59. The number of nitrogens with one attached hydrogen (secondary N) is 2. The van der Waals surface area contributed by atoms with E-state index in [1.165, 1.54) is 38.2 Å². The second-order valence-electron chi connectivity index (χ2n) is 8.88. The SMILES string of the molecule is CN(C)c1ccc(NC(=S)NC[C@H]2C[C@@H]3CCN2C[C@@H]3CN2CCOCC2)cc1. The van der Waals surface area contributed by atoms with Crippen molar-refractivity contribution in [3.05, 3.63) is 24.3 Å². The number of hydrogen-bond acceptors (Lipinski definition) is 5. The average Bonchev–Trinajstić information content (AvgIpc) is 2.74. The zero-order chi connectivity index (χ0) is 20.2. The van der Waals surface area contributed by atoms with Crippen LogP contribution in [0.2, 0.25) is 0 Å². The molecular weight excluding hydrogens is 382 g/mol. The van der Waals surface area contributed by atoms with E-state index in [1.807, 2.05) is 14.1 Å². The molecule has 6 nitrogen and oxygen atoms in total. The zero-order valence-corrected chi connectivity index (χ0v) is 18.6. The maximum atomic E-state index is 5.54. The molecule has 4 heterocycles. The van der Waals surface area contributed by atoms with E-state index in [1.54, 1.807) is 0 Å². The number of ether oxygens (including phenoxy) is 1. The molecule has 0 amide bonds. The molecular formula is C22H35N5OS. The lowest BCUT2D eigenvalue weighted by molar-refractivity contribution is -0.0286. The van der Waals surface area contributed by atoms with Crippen LogP contribution in [-0.2, 0) is 4.74 Å². The highest BCUT2D eigenvalue weighted by Gasteiger charge is 2.40. The number of piperidine rings is 3. The van der Waals surface area contributed by atoms with Gasteiger partial charge in [0.05, 0.1) is 13.2 Å². The summed E-state index contributed by atoms with van der Waals surface area (Å²) in [5.74, 6) is 1.67. The third kappa shape index (κ3) is 5.40. The van der Waals surface area contributed by atoms with Gasteiger partial charge in [-0.15, -0.1) is 0 Å². The molecule has 4 atom stereocenters. The number of thiocarbonyl (C=S) groups is 1. The van der Waals surface area contributed by atoms with E-state index in [0.29, 0.717) is 6.04 Å². The van der Waals surface area contributed by atoms with Crippen LogP contribution in [0.25, 0.3) is 0 Å². The first-order valence-electron chi connectivity index (χ1n) is 10.9. The highest BCUT2D eigenvalue weighted by molar-refractivity contribution is 7.80. The molecule has 4 aliphatic heterocycles. The van der Waals surface area contributed by atoms with Crippen molar-refractivity contribution < 1.29 is 4.74 Å². The first-order chi connectivity index (χ1) is 14.1. The Bertz CT molecular complexity index is 676. The van der Waals surface area contributed by atoms with Gasteiger partial charge < -0.3 is 20.3 Å². The van der Waals surface area contributed by atoms with Crippen molar-refractivity contribution in [3.8, 4) is 0 Å². The van der Waals surface area contributed by atoms with E-state index in [4.69, 9.17) is 17.0 Å². The molecule has 2 bridgehead atoms. The van der Waals surface area contributed by atoms with Crippen molar-refractivity contribution in [2.75, 3.05) is 76.8 Å². The molecule has 5 rings (SSSR count). The van der Waals surface area contributed by atoms with Gasteiger partial charge in [0.25, 0.3) is 0 Å². The number of nitrogens with zero attached hydrogens (tertiary/aromatic N) is 3. The number of rotatable bonds is 6. The molecule has 29 heavy (non-hydrogen) atoms. The fourth-order valence-corrected chi connectivity index (χ4v) is 5.21. The van der Waals surface area contributed by atoms with E-state index < -0.39 is 0 Å². The summed E-state index contributed by atoms with van der Waals surface area (Å²) in [6.07, 6.45) is 2.65. The molecule has 160 valence electrons. The van der Waals surface area contributed by atoms with Crippen molar-refractivity contribution in [3.63, 3.8) is 0 Å². The number of morpholine rings is 1. The van der Waals surface area contributed by atoms with Gasteiger partial charge in [0.15, 0.2) is 5.11 Å². The van der Waals surface area contributed by atoms with Gasteiger partial charge in [0.1, 0.15) is 0 Å². The van der Waals surface area contributed by atoms with Crippen molar-refractivity contribution >= 4 is 28.7 Å². The van der Waals surface area contributed by atoms with Gasteiger partial charge in [0, 0.05) is 64.2 Å². The number of hydrogen-bond donors (Lipinski definition) is 2. The first kappa shape index (κ1) is 20.8. The van der Waals surface area contributed by atoms with E-state index in [9.17, 15) is 0 Å². The highest BCUT2D eigenvalue weighted by atomic mass is 32.1. The molecule has 0 radical (unpaired) electrons. The summed E-state index contributed by atoms with van der Waals surface area (Å²) in [5, 5.41) is 7.50. The normalized spacial score (nSPS) is 29.4. The van der Waals surface area contributed by atoms with E-state index in [0.717, 1.165) is 55.5 Å². The first-order valence-corrected chi connectivity index (χ1v) is 11.4. The second-order valence-corrected chi connectivity index (χ2v) is 9.29. The second kappa shape index (κ2) is 9.60. The Morgan fingerprint density at radius 2 is 1.93 bits per heavy atom. The Hall–Kier alpha value is -1.41. The van der Waals surface area contributed by atoms with E-state index in [-0.39, 0.29) is 0 Å². The van der Waals surface area contributed by atoms with Gasteiger partial charge in [0.2, 0.25) is 0 Å². The van der Waals surface area contributed by atoms with Crippen molar-refractivity contribution in [1.82, 2.24) is 15.1 Å². The standard InChI is InChI=1S/C22H35N5OS/c1-25(2)20-5-3-19(4-6-20)24-22(29)23-14-21-13-17-7-8-27(21)16-18(17)15-26-9-11-28-12-10-26/h3-6,17-18,21H,7-16H2,1-2H3,(H2,23,24,29)/t17-,18-,21+/m0/s1. The van der Waals surface area contributed by atoms with Crippen LogP contribution in [0.4, 0.5) is 11.4 Å². The predicted molar refractivity (Wildman–Crippen MR) is 124 cm³/mol. The van der Waals surface area contributed by atoms with E-state index >= 15 is 0 Å². The molecule has 4 fully saturated rings. The molecule has 1 unspecified atom stereocenters. The maximum absolute atomic E-state index is 5.54. The average molecular weight is 418 g/mol. The number of benzene rings is 1. The molecule has 0 aromatic heterocycles. The molecule has 7 heteroatoms. The van der Waals surface area contributed by atoms with Crippen LogP contribution in [0, 0.1) is 11.8 Å². The van der Waals surface area contributed by atoms with Crippen LogP contribution in [0.15, 0.2) is 24.3 Å². The smallest absolute Gasteiger partial charge is 0.170 e. The topological polar surface area (TPSA) is 43.0 Å². The summed E-state index contributed by atoms with van der Waals surface area (Å²) < 4.78 is 5.50. The van der Waals surface area contributed by atoms with Crippen molar-refractivity contribution in [2.45, 2.75) is 18.9 Å². The summed E-state index contributed by atoms with van der Waals surface area (Å²) in [6, 6.07) is 8.96. The number of anilines is 2. The fourth-order valence-electron chi connectivity index (χ4n) is 5.01. The Morgan fingerprint density at radius 1 is 1.17 bits per heavy atom. The van der Waals surface area contributed by atoms with Gasteiger partial charge in [-0.25, -0.2) is 0 Å². The van der Waals surface area contributed by atoms with Gasteiger partial charge in [-0.05, 0) is 67.7 Å². The monoisotopic (exact) mass is 417 g/mol. The highest BCUT2D eigenvalue weighted by Crippen LogP contribution is 2.36. The molecule has 4 aliphatic rings. The van der Waals surface area contributed by atoms with Crippen molar-refractivity contribution in [2.24, 2.45) is 11.8 Å². The largest absolute Gasteiger partial charge is 0.379 e. The molecule has 0 saturated carbocycles. The third-order valence-electron chi connectivity index (χ3n) is 6.75. The molecule has 1 aromatic carbocycles. The summed E-state index contributed by atoms with van der Waals surface area (Å²) in [5.41, 5.74) is 2.22. The number of fused-ring (bicyclic) bond motifs is 3. The summed E-state index contributed by atoms with van der Waals surface area (Å²) in [4.78, 5) is 7.38. The van der Waals surface area contributed by atoms with Gasteiger partial charge in [-0.1, -0.05) is 0 Å². The molecule has 4 saturated heterocycles. The minimum Gasteiger partial charge on any atom is -0.379 e. The molecule has 0 spiro atoms. The zero-order valence-electron chi connectivity index (χ0n) is 17.8. The van der Waals surface area contributed by atoms with Crippen LogP contribution in [0.1, 0.15) is 12.8 Å². The van der Waals surface area contributed by atoms with Crippen LogP contribution >= 0.6 is 12.2 Å². The summed E-state index contributed by atoms with van der Waals surface area (Å²) in [7, 11) is 4.10. The van der Waals surface area contributed by atoms with Crippen LogP contribution in [0.5, 0.6) is 0 Å². The minimum absolute atomic E-state index is 0.602. The van der Waals surface area contributed by atoms with Crippen LogP contribution in [-0.4, -0.2) is 87.5 Å². The summed E-state index contributed by atoms with van der Waals surface area (Å²) >= 11 is 5.54. The lowest BCUT2D eigenvalue weighted by atomic mass is 9.75. The van der Waals surface area contributed by atoms with Crippen LogP contribution < -0.4 is 15.5 Å². The minimum atomic E-state index is 0.602. The fraction of sp³-hybridized carbons (Fsp3) is 0.682. The summed E-state index contributed by atoms with van der Waals surface area (Å²) in [6.45, 7) is 8.65. The Kier molecular flexibility index (Phi) is 6.90. The van der Waals surface area contributed by atoms with E-state index in [2.05, 4.69) is 49.6 Å². The van der Waals surface area contributed by atoms with Gasteiger partial charge in [-0.3, -0.25) is 9.80 Å². The third-order valence-corrected chi connectivity index (χ3v) is 7.00. The van der Waals surface area contributed by atoms with Crippen molar-refractivity contribution in [1.29, 1.82) is 0 Å². The Labute approximate surface area is 180 Å². The maximum Gasteiger partial charge on any atom is 0.170 e. The van der Waals surface area contributed by atoms with Gasteiger partial charge >= 0.3 is 0 Å².